The molecule has 0 spiro atoms. The van der Waals surface area contributed by atoms with Gasteiger partial charge in [0.05, 0.1) is 0 Å². The van der Waals surface area contributed by atoms with Crippen LogP contribution in [0.1, 0.15) is 26.2 Å². The van der Waals surface area contributed by atoms with Gasteiger partial charge < -0.3 is 5.73 Å². The molecule has 0 fully saturated rings. The van der Waals surface area contributed by atoms with E-state index >= 15 is 0 Å². The van der Waals surface area contributed by atoms with Crippen molar-refractivity contribution in [1.29, 1.82) is 0 Å². The average Bonchev–Trinajstić information content (AvgIpc) is 2.18. The number of hydrogen-bond acceptors (Lipinski definition) is 3. The second kappa shape index (κ2) is 10.0. The predicted octanol–water partition coefficient (Wildman–Crippen LogP) is 1.61. The Morgan fingerprint density at radius 2 is 1.83 bits per heavy atom. The zero-order chi connectivity index (χ0) is 9.07. The second-order valence-electron chi connectivity index (χ2n) is 2.40. The molecule has 1 heterocycles. The van der Waals surface area contributed by atoms with E-state index in [1.54, 1.807) is 18.5 Å². The monoisotopic (exact) mass is 167 g/mol. The summed E-state index contributed by atoms with van der Waals surface area (Å²) >= 11 is 0. The van der Waals surface area contributed by atoms with Gasteiger partial charge in [-0.25, -0.2) is 9.97 Å². The third-order valence-electron chi connectivity index (χ3n) is 1.29. The normalized spacial score (nSPS) is 8.50. The van der Waals surface area contributed by atoms with Crippen LogP contribution in [0.15, 0.2) is 24.8 Å². The van der Waals surface area contributed by atoms with Crippen LogP contribution in [0, 0.1) is 0 Å². The maximum Gasteiger partial charge on any atom is 0.115 e. The first-order valence-corrected chi connectivity index (χ1v) is 4.31. The zero-order valence-corrected chi connectivity index (χ0v) is 7.61. The molecule has 3 heteroatoms. The predicted molar refractivity (Wildman–Crippen MR) is 50.6 cm³/mol. The van der Waals surface area contributed by atoms with Gasteiger partial charge in [0.1, 0.15) is 6.33 Å². The second-order valence-corrected chi connectivity index (χ2v) is 2.40. The van der Waals surface area contributed by atoms with Gasteiger partial charge in [0.2, 0.25) is 0 Å². The first kappa shape index (κ1) is 11.0. The fourth-order valence-corrected chi connectivity index (χ4v) is 0.648. The molecule has 3 nitrogen and oxygen atoms in total. The average molecular weight is 167 g/mol. The highest BCUT2D eigenvalue weighted by molar-refractivity contribution is 4.74. The van der Waals surface area contributed by atoms with Gasteiger partial charge in [-0.2, -0.15) is 0 Å². The van der Waals surface area contributed by atoms with Crippen molar-refractivity contribution in [2.75, 3.05) is 6.54 Å². The summed E-state index contributed by atoms with van der Waals surface area (Å²) in [6.45, 7) is 3.03. The lowest BCUT2D eigenvalue weighted by atomic mass is 10.3. The van der Waals surface area contributed by atoms with Crippen LogP contribution >= 0.6 is 0 Å². The van der Waals surface area contributed by atoms with Crippen LogP contribution in [0.25, 0.3) is 0 Å². The molecule has 2 N–H and O–H groups in total. The molecule has 0 aliphatic rings. The third kappa shape index (κ3) is 9.04. The van der Waals surface area contributed by atoms with Crippen molar-refractivity contribution in [3.8, 4) is 0 Å². The molecular weight excluding hydrogens is 150 g/mol. The number of hydrogen-bond donors (Lipinski definition) is 1. The minimum absolute atomic E-state index is 0.855. The Labute approximate surface area is 74.0 Å². The molecule has 0 amide bonds. The van der Waals surface area contributed by atoms with Crippen LogP contribution < -0.4 is 5.73 Å². The Morgan fingerprint density at radius 3 is 2.00 bits per heavy atom. The number of unbranched alkanes of at least 4 members (excludes halogenated alkanes) is 2. The topological polar surface area (TPSA) is 51.8 Å². The molecular formula is C9H17N3. The van der Waals surface area contributed by atoms with Crippen molar-refractivity contribution in [1.82, 2.24) is 9.97 Å². The first-order chi connectivity index (χ1) is 5.91. The summed E-state index contributed by atoms with van der Waals surface area (Å²) in [5, 5.41) is 0. The Kier molecular flexibility index (Phi) is 9.24. The summed E-state index contributed by atoms with van der Waals surface area (Å²) in [6.07, 6.45) is 8.63. The summed E-state index contributed by atoms with van der Waals surface area (Å²) in [5.41, 5.74) is 5.21. The largest absolute Gasteiger partial charge is 0.330 e. The molecule has 1 rings (SSSR count). The summed E-state index contributed by atoms with van der Waals surface area (Å²) in [6, 6.07) is 1.78. The number of rotatable bonds is 3. The van der Waals surface area contributed by atoms with Crippen molar-refractivity contribution in [2.24, 2.45) is 5.73 Å². The zero-order valence-electron chi connectivity index (χ0n) is 7.61. The van der Waals surface area contributed by atoms with E-state index in [4.69, 9.17) is 5.73 Å². The van der Waals surface area contributed by atoms with E-state index in [0.717, 1.165) is 6.54 Å². The molecule has 0 aliphatic carbocycles. The molecule has 0 saturated heterocycles. The molecule has 12 heavy (non-hydrogen) atoms. The number of aromatic nitrogens is 2. The van der Waals surface area contributed by atoms with Gasteiger partial charge in [-0.15, -0.1) is 0 Å². The quantitative estimate of drug-likeness (QED) is 0.696. The summed E-state index contributed by atoms with van der Waals surface area (Å²) in [7, 11) is 0. The summed E-state index contributed by atoms with van der Waals surface area (Å²) in [5.74, 6) is 0. The molecule has 0 radical (unpaired) electrons. The van der Waals surface area contributed by atoms with Crippen molar-refractivity contribution in [3.05, 3.63) is 24.8 Å². The smallest absolute Gasteiger partial charge is 0.115 e. The molecule has 0 saturated carbocycles. The molecule has 0 aliphatic heterocycles. The molecule has 0 atom stereocenters. The Bertz CT molecular complexity index is 122. The molecule has 0 bridgehead atoms. The van der Waals surface area contributed by atoms with Gasteiger partial charge >= 0.3 is 0 Å². The standard InChI is InChI=1S/C5H13N.C4H4N2/c1-2-3-4-5-6;1-2-5-4-6-3-1/h2-6H2,1H3;1-4H. The van der Waals surface area contributed by atoms with E-state index < -0.39 is 0 Å². The van der Waals surface area contributed by atoms with Crippen LogP contribution in [0.4, 0.5) is 0 Å². The molecule has 1 aromatic heterocycles. The minimum Gasteiger partial charge on any atom is -0.330 e. The van der Waals surface area contributed by atoms with E-state index in [1.807, 2.05) is 0 Å². The molecule has 68 valence electrons. The van der Waals surface area contributed by atoms with Gasteiger partial charge in [-0.05, 0) is 19.0 Å². The Hall–Kier alpha value is -0.960. The van der Waals surface area contributed by atoms with Crippen molar-refractivity contribution < 1.29 is 0 Å². The van der Waals surface area contributed by atoms with Crippen LogP contribution in [0.3, 0.4) is 0 Å². The Morgan fingerprint density at radius 1 is 1.17 bits per heavy atom. The summed E-state index contributed by atoms with van der Waals surface area (Å²) < 4.78 is 0. The highest BCUT2D eigenvalue weighted by Crippen LogP contribution is 1.88. The lowest BCUT2D eigenvalue weighted by molar-refractivity contribution is 0.727. The van der Waals surface area contributed by atoms with Crippen molar-refractivity contribution >= 4 is 0 Å². The van der Waals surface area contributed by atoms with E-state index in [0.29, 0.717) is 0 Å². The van der Waals surface area contributed by atoms with Crippen molar-refractivity contribution in [3.63, 3.8) is 0 Å². The lowest BCUT2D eigenvalue weighted by Crippen LogP contribution is -1.96. The fourth-order valence-electron chi connectivity index (χ4n) is 0.648. The van der Waals surface area contributed by atoms with Crippen LogP contribution in [0.5, 0.6) is 0 Å². The summed E-state index contributed by atoms with van der Waals surface area (Å²) in [4.78, 5) is 7.35. The number of nitrogens with zero attached hydrogens (tertiary/aromatic N) is 2. The third-order valence-corrected chi connectivity index (χ3v) is 1.29. The highest BCUT2D eigenvalue weighted by atomic mass is 14.8. The van der Waals surface area contributed by atoms with Crippen LogP contribution in [-0.2, 0) is 0 Å². The van der Waals surface area contributed by atoms with Gasteiger partial charge in [0.25, 0.3) is 0 Å². The first-order valence-electron chi connectivity index (χ1n) is 4.31. The minimum atomic E-state index is 0.855. The molecule has 0 unspecified atom stereocenters. The van der Waals surface area contributed by atoms with E-state index in [-0.39, 0.29) is 0 Å². The van der Waals surface area contributed by atoms with Gasteiger partial charge in [-0.1, -0.05) is 19.8 Å². The molecule has 0 aromatic carbocycles. The number of nitrogens with two attached hydrogens (primary N) is 1. The Balaban J connectivity index is 0.000000202. The van der Waals surface area contributed by atoms with Gasteiger partial charge in [0.15, 0.2) is 0 Å². The van der Waals surface area contributed by atoms with E-state index in [9.17, 15) is 0 Å². The SMILES string of the molecule is CCCCCN.c1cncnc1. The maximum absolute atomic E-state index is 5.21. The van der Waals surface area contributed by atoms with E-state index in [2.05, 4.69) is 16.9 Å². The lowest BCUT2D eigenvalue weighted by Gasteiger charge is -1.86. The van der Waals surface area contributed by atoms with Gasteiger partial charge in [0, 0.05) is 12.4 Å². The maximum atomic E-state index is 5.21. The van der Waals surface area contributed by atoms with Crippen molar-refractivity contribution in [2.45, 2.75) is 26.2 Å². The fraction of sp³-hybridized carbons (Fsp3) is 0.556. The van der Waals surface area contributed by atoms with Crippen LogP contribution in [0.2, 0.25) is 0 Å². The highest BCUT2D eigenvalue weighted by Gasteiger charge is 1.75. The van der Waals surface area contributed by atoms with Gasteiger partial charge in [-0.3, -0.25) is 0 Å². The van der Waals surface area contributed by atoms with Crippen LogP contribution in [-0.4, -0.2) is 16.5 Å². The molecule has 1 aromatic rings. The van der Waals surface area contributed by atoms with E-state index in [1.165, 1.54) is 25.6 Å².